The molecule has 1 heterocycles. The number of amides is 3. The number of anilines is 2. The van der Waals surface area contributed by atoms with E-state index in [1.807, 2.05) is 30.3 Å². The summed E-state index contributed by atoms with van der Waals surface area (Å²) < 4.78 is 6.00. The van der Waals surface area contributed by atoms with Crippen LogP contribution in [0.3, 0.4) is 0 Å². The van der Waals surface area contributed by atoms with Gasteiger partial charge < -0.3 is 20.7 Å². The fourth-order valence-electron chi connectivity index (χ4n) is 3.95. The van der Waals surface area contributed by atoms with Gasteiger partial charge in [0.25, 0.3) is 5.91 Å². The minimum atomic E-state index is -0.948. The molecule has 0 bridgehead atoms. The molecule has 34 heavy (non-hydrogen) atoms. The van der Waals surface area contributed by atoms with E-state index in [0.717, 1.165) is 24.9 Å². The van der Waals surface area contributed by atoms with Crippen molar-refractivity contribution >= 4 is 29.1 Å². The molecule has 1 aliphatic heterocycles. The van der Waals surface area contributed by atoms with Gasteiger partial charge in [0, 0.05) is 35.5 Å². The molecule has 0 aliphatic carbocycles. The second-order valence-corrected chi connectivity index (χ2v) is 8.19. The lowest BCUT2D eigenvalue weighted by molar-refractivity contribution is -0.123. The molecule has 1 fully saturated rings. The Balaban J connectivity index is 1.52. The Morgan fingerprint density at radius 1 is 0.912 bits per heavy atom. The third-order valence-corrected chi connectivity index (χ3v) is 5.73. The molecule has 3 aromatic rings. The van der Waals surface area contributed by atoms with Crippen LogP contribution in [0.1, 0.15) is 47.7 Å². The van der Waals surface area contributed by atoms with E-state index in [2.05, 4.69) is 5.32 Å². The molecule has 3 N–H and O–H groups in total. The Labute approximate surface area is 198 Å². The predicted octanol–water partition coefficient (Wildman–Crippen LogP) is 4.45. The van der Waals surface area contributed by atoms with Crippen LogP contribution in [0.15, 0.2) is 78.9 Å². The smallest absolute Gasteiger partial charge is 0.270 e. The van der Waals surface area contributed by atoms with Gasteiger partial charge >= 0.3 is 0 Å². The molecule has 0 aromatic heterocycles. The zero-order chi connectivity index (χ0) is 23.9. The van der Waals surface area contributed by atoms with Gasteiger partial charge in [-0.2, -0.15) is 0 Å². The molecule has 3 aromatic carbocycles. The number of carbonyl (C=O) groups is 3. The SMILES string of the molecule is NC(=O)c1cccc(OC(C(=O)Nc2ccc(N3CCCCCC3=O)cc2)c2ccccc2)c1. The minimum Gasteiger partial charge on any atom is -0.476 e. The zero-order valence-electron chi connectivity index (χ0n) is 18.8. The fraction of sp³-hybridized carbons (Fsp3) is 0.222. The van der Waals surface area contributed by atoms with Crippen molar-refractivity contribution in [2.24, 2.45) is 5.73 Å². The Morgan fingerprint density at radius 2 is 1.68 bits per heavy atom. The number of rotatable bonds is 7. The molecule has 174 valence electrons. The molecular formula is C27H27N3O4. The molecule has 0 saturated carbocycles. The van der Waals surface area contributed by atoms with Crippen LogP contribution in [0.2, 0.25) is 0 Å². The van der Waals surface area contributed by atoms with Crippen molar-refractivity contribution in [1.82, 2.24) is 0 Å². The molecule has 7 heteroatoms. The summed E-state index contributed by atoms with van der Waals surface area (Å²) in [6.07, 6.45) is 2.57. The monoisotopic (exact) mass is 457 g/mol. The summed E-state index contributed by atoms with van der Waals surface area (Å²) >= 11 is 0. The average Bonchev–Trinajstić information content (AvgIpc) is 3.08. The quantitative estimate of drug-likeness (QED) is 0.547. The fourth-order valence-corrected chi connectivity index (χ4v) is 3.95. The van der Waals surface area contributed by atoms with Crippen LogP contribution in [0.5, 0.6) is 5.75 Å². The van der Waals surface area contributed by atoms with Crippen molar-refractivity contribution in [2.45, 2.75) is 31.8 Å². The average molecular weight is 458 g/mol. The number of ether oxygens (including phenoxy) is 1. The Hall–Kier alpha value is -4.13. The summed E-state index contributed by atoms with van der Waals surface area (Å²) in [7, 11) is 0. The molecule has 3 amide bonds. The summed E-state index contributed by atoms with van der Waals surface area (Å²) in [4.78, 5) is 38.9. The van der Waals surface area contributed by atoms with Gasteiger partial charge in [-0.25, -0.2) is 0 Å². The summed E-state index contributed by atoms with van der Waals surface area (Å²) in [6, 6.07) is 22.8. The molecule has 0 spiro atoms. The van der Waals surface area contributed by atoms with Crippen molar-refractivity contribution < 1.29 is 19.1 Å². The largest absolute Gasteiger partial charge is 0.476 e. The molecule has 7 nitrogen and oxygen atoms in total. The minimum absolute atomic E-state index is 0.130. The van der Waals surface area contributed by atoms with Crippen molar-refractivity contribution in [2.75, 3.05) is 16.8 Å². The van der Waals surface area contributed by atoms with Gasteiger partial charge in [-0.15, -0.1) is 0 Å². The third-order valence-electron chi connectivity index (χ3n) is 5.73. The molecule has 1 saturated heterocycles. The van der Waals surface area contributed by atoms with Gasteiger partial charge in [0.1, 0.15) is 5.75 Å². The summed E-state index contributed by atoms with van der Waals surface area (Å²) in [5.41, 5.74) is 7.74. The second kappa shape index (κ2) is 10.7. The van der Waals surface area contributed by atoms with E-state index in [1.165, 1.54) is 6.07 Å². The van der Waals surface area contributed by atoms with Gasteiger partial charge in [0.05, 0.1) is 0 Å². The first-order chi connectivity index (χ1) is 16.5. The molecular weight excluding hydrogens is 430 g/mol. The normalized spacial score (nSPS) is 14.7. The van der Waals surface area contributed by atoms with Crippen LogP contribution < -0.4 is 20.7 Å². The molecule has 1 atom stereocenters. The molecule has 1 unspecified atom stereocenters. The summed E-state index contributed by atoms with van der Waals surface area (Å²) in [5, 5.41) is 2.89. The molecule has 4 rings (SSSR count). The maximum atomic E-state index is 13.2. The number of carbonyl (C=O) groups excluding carboxylic acids is 3. The number of nitrogens with zero attached hydrogens (tertiary/aromatic N) is 1. The highest BCUT2D eigenvalue weighted by Crippen LogP contribution is 2.26. The Bertz CT molecular complexity index is 1160. The highest BCUT2D eigenvalue weighted by Gasteiger charge is 2.24. The van der Waals surface area contributed by atoms with Crippen LogP contribution >= 0.6 is 0 Å². The van der Waals surface area contributed by atoms with Gasteiger partial charge in [-0.1, -0.05) is 42.8 Å². The van der Waals surface area contributed by atoms with Crippen LogP contribution in [0.25, 0.3) is 0 Å². The van der Waals surface area contributed by atoms with E-state index in [9.17, 15) is 14.4 Å². The molecule has 0 radical (unpaired) electrons. The van der Waals surface area contributed by atoms with Crippen molar-refractivity contribution in [3.05, 3.63) is 90.0 Å². The second-order valence-electron chi connectivity index (χ2n) is 8.19. The van der Waals surface area contributed by atoms with Crippen LogP contribution in [0, 0.1) is 0 Å². The first-order valence-electron chi connectivity index (χ1n) is 11.3. The third kappa shape index (κ3) is 5.61. The van der Waals surface area contributed by atoms with Gasteiger partial charge in [-0.05, 0) is 55.3 Å². The number of hydrogen-bond donors (Lipinski definition) is 2. The van der Waals surface area contributed by atoms with Crippen molar-refractivity contribution in [3.8, 4) is 5.75 Å². The van der Waals surface area contributed by atoms with Crippen molar-refractivity contribution in [1.29, 1.82) is 0 Å². The summed E-state index contributed by atoms with van der Waals surface area (Å²) in [5.74, 6) is -0.455. The van der Waals surface area contributed by atoms with E-state index >= 15 is 0 Å². The van der Waals surface area contributed by atoms with E-state index < -0.39 is 12.0 Å². The maximum Gasteiger partial charge on any atom is 0.270 e. The zero-order valence-corrected chi connectivity index (χ0v) is 18.8. The van der Waals surface area contributed by atoms with Crippen LogP contribution in [0.4, 0.5) is 11.4 Å². The maximum absolute atomic E-state index is 13.2. The number of hydrogen-bond acceptors (Lipinski definition) is 4. The highest BCUT2D eigenvalue weighted by molar-refractivity contribution is 5.97. The lowest BCUT2D eigenvalue weighted by atomic mass is 10.1. The Kier molecular flexibility index (Phi) is 7.22. The van der Waals surface area contributed by atoms with Gasteiger partial charge in [0.2, 0.25) is 17.9 Å². The standard InChI is InChI=1S/C27H27N3O4/c28-26(32)20-10-7-11-23(18-20)34-25(19-8-3-1-4-9-19)27(33)29-21-13-15-22(16-14-21)30-17-6-2-5-12-24(30)31/h1,3-4,7-11,13-16,18,25H,2,5-6,12,17H2,(H2,28,32)(H,29,33). The highest BCUT2D eigenvalue weighted by atomic mass is 16.5. The van der Waals surface area contributed by atoms with Gasteiger partial charge in [0.15, 0.2) is 0 Å². The Morgan fingerprint density at radius 3 is 2.41 bits per heavy atom. The van der Waals surface area contributed by atoms with E-state index in [1.54, 1.807) is 47.4 Å². The van der Waals surface area contributed by atoms with E-state index in [4.69, 9.17) is 10.5 Å². The topological polar surface area (TPSA) is 102 Å². The number of nitrogens with one attached hydrogen (secondary N) is 1. The van der Waals surface area contributed by atoms with Crippen LogP contribution in [-0.2, 0) is 9.59 Å². The lowest BCUT2D eigenvalue weighted by Crippen LogP contribution is -2.30. The number of primary amides is 1. The van der Waals surface area contributed by atoms with E-state index in [0.29, 0.717) is 35.5 Å². The first-order valence-corrected chi connectivity index (χ1v) is 11.3. The van der Waals surface area contributed by atoms with Crippen molar-refractivity contribution in [3.63, 3.8) is 0 Å². The predicted molar refractivity (Wildman–Crippen MR) is 131 cm³/mol. The number of benzene rings is 3. The van der Waals surface area contributed by atoms with Gasteiger partial charge in [-0.3, -0.25) is 14.4 Å². The molecule has 1 aliphatic rings. The lowest BCUT2D eigenvalue weighted by Gasteiger charge is -2.22. The van der Waals surface area contributed by atoms with Crippen LogP contribution in [-0.4, -0.2) is 24.3 Å². The van der Waals surface area contributed by atoms with E-state index in [-0.39, 0.29) is 11.8 Å². The number of nitrogens with two attached hydrogens (primary N) is 1. The summed E-state index contributed by atoms with van der Waals surface area (Å²) in [6.45, 7) is 0.707. The first kappa shape index (κ1) is 23.0.